The molecule has 1 aliphatic heterocycles. The predicted octanol–water partition coefficient (Wildman–Crippen LogP) is 1.64. The summed E-state index contributed by atoms with van der Waals surface area (Å²) in [5, 5.41) is 9.88. The summed E-state index contributed by atoms with van der Waals surface area (Å²) in [5.41, 5.74) is 1.24. The van der Waals surface area contributed by atoms with Crippen LogP contribution in [0.2, 0.25) is 0 Å². The van der Waals surface area contributed by atoms with Gasteiger partial charge in [0.15, 0.2) is 0 Å². The molecule has 1 saturated heterocycles. The second-order valence-electron chi connectivity index (χ2n) is 5.84. The zero-order valence-electron chi connectivity index (χ0n) is 12.8. The molecule has 0 bridgehead atoms. The monoisotopic (exact) mass is 290 g/mol. The van der Waals surface area contributed by atoms with E-state index >= 15 is 0 Å². The van der Waals surface area contributed by atoms with Gasteiger partial charge in [0, 0.05) is 27.2 Å². The fourth-order valence-corrected chi connectivity index (χ4v) is 2.72. The molecule has 5 heteroatoms. The molecule has 0 radical (unpaired) electrons. The number of nitrogens with zero attached hydrogens (tertiary/aromatic N) is 2. The summed E-state index contributed by atoms with van der Waals surface area (Å²) in [6.07, 6.45) is 1.61. The largest absolute Gasteiger partial charge is 0.507 e. The number of amides is 2. The average molecular weight is 290 g/mol. The Hall–Kier alpha value is -2.04. The number of phenols is 1. The molecule has 0 saturated carbocycles. The zero-order valence-corrected chi connectivity index (χ0v) is 12.8. The van der Waals surface area contributed by atoms with Gasteiger partial charge in [0.25, 0.3) is 5.91 Å². The van der Waals surface area contributed by atoms with Gasteiger partial charge >= 0.3 is 0 Å². The van der Waals surface area contributed by atoms with Crippen molar-refractivity contribution in [2.75, 3.05) is 27.2 Å². The summed E-state index contributed by atoms with van der Waals surface area (Å²) < 4.78 is 0. The number of carbonyl (C=O) groups excluding carboxylic acids is 2. The summed E-state index contributed by atoms with van der Waals surface area (Å²) in [5.74, 6) is -0.301. The van der Waals surface area contributed by atoms with E-state index in [0.717, 1.165) is 18.4 Å². The molecule has 1 heterocycles. The molecule has 1 fully saturated rings. The molecule has 1 aromatic rings. The third-order valence-electron chi connectivity index (χ3n) is 3.88. The average Bonchev–Trinajstić information content (AvgIpc) is 2.48. The highest BCUT2D eigenvalue weighted by atomic mass is 16.3. The highest BCUT2D eigenvalue weighted by molar-refractivity contribution is 5.97. The quantitative estimate of drug-likeness (QED) is 0.900. The number of aromatic hydroxyl groups is 1. The van der Waals surface area contributed by atoms with Gasteiger partial charge in [-0.25, -0.2) is 0 Å². The van der Waals surface area contributed by atoms with Crippen LogP contribution in [0.3, 0.4) is 0 Å². The van der Waals surface area contributed by atoms with Crippen molar-refractivity contribution < 1.29 is 14.7 Å². The van der Waals surface area contributed by atoms with E-state index in [4.69, 9.17) is 0 Å². The van der Waals surface area contributed by atoms with E-state index in [9.17, 15) is 14.7 Å². The van der Waals surface area contributed by atoms with Crippen LogP contribution in [0, 0.1) is 12.8 Å². The smallest absolute Gasteiger partial charge is 0.257 e. The SMILES string of the molecule is Cc1ccc(O)c(C(=O)N2CCC[C@H](C(=O)N(C)C)C2)c1. The van der Waals surface area contributed by atoms with Gasteiger partial charge in [-0.15, -0.1) is 0 Å². The normalized spacial score (nSPS) is 18.4. The predicted molar refractivity (Wildman–Crippen MR) is 80.2 cm³/mol. The van der Waals surface area contributed by atoms with Crippen molar-refractivity contribution in [1.29, 1.82) is 0 Å². The minimum atomic E-state index is -0.201. The van der Waals surface area contributed by atoms with Gasteiger partial charge in [-0.05, 0) is 31.9 Å². The molecule has 0 aromatic heterocycles. The van der Waals surface area contributed by atoms with Crippen molar-refractivity contribution in [2.24, 2.45) is 5.92 Å². The van der Waals surface area contributed by atoms with Crippen molar-refractivity contribution in [2.45, 2.75) is 19.8 Å². The van der Waals surface area contributed by atoms with Crippen LogP contribution in [0.15, 0.2) is 18.2 Å². The fraction of sp³-hybridized carbons (Fsp3) is 0.500. The highest BCUT2D eigenvalue weighted by Crippen LogP contribution is 2.24. The maximum Gasteiger partial charge on any atom is 0.257 e. The van der Waals surface area contributed by atoms with Crippen LogP contribution in [-0.2, 0) is 4.79 Å². The Bertz CT molecular complexity index is 554. The summed E-state index contributed by atoms with van der Waals surface area (Å²) in [4.78, 5) is 27.9. The topological polar surface area (TPSA) is 60.9 Å². The first-order valence-corrected chi connectivity index (χ1v) is 7.20. The summed E-state index contributed by atoms with van der Waals surface area (Å²) in [7, 11) is 3.46. The summed E-state index contributed by atoms with van der Waals surface area (Å²) in [6, 6.07) is 4.99. The van der Waals surface area contributed by atoms with E-state index in [1.807, 2.05) is 6.92 Å². The lowest BCUT2D eigenvalue weighted by Gasteiger charge is -2.33. The summed E-state index contributed by atoms with van der Waals surface area (Å²) >= 11 is 0. The Labute approximate surface area is 125 Å². The minimum absolute atomic E-state index is 0.00772. The summed E-state index contributed by atoms with van der Waals surface area (Å²) in [6.45, 7) is 2.93. The van der Waals surface area contributed by atoms with Crippen LogP contribution in [0.4, 0.5) is 0 Å². The molecule has 0 unspecified atom stereocenters. The van der Waals surface area contributed by atoms with Crippen molar-refractivity contribution in [3.63, 3.8) is 0 Å². The first kappa shape index (κ1) is 15.4. The van der Waals surface area contributed by atoms with Crippen molar-refractivity contribution in [3.8, 4) is 5.75 Å². The van der Waals surface area contributed by atoms with Crippen molar-refractivity contribution in [1.82, 2.24) is 9.80 Å². The van der Waals surface area contributed by atoms with Gasteiger partial charge < -0.3 is 14.9 Å². The third-order valence-corrected chi connectivity index (χ3v) is 3.88. The van der Waals surface area contributed by atoms with Gasteiger partial charge in [-0.1, -0.05) is 11.6 Å². The Morgan fingerprint density at radius 1 is 1.33 bits per heavy atom. The number of aryl methyl sites for hydroxylation is 1. The number of phenolic OH excluding ortho intramolecular Hbond substituents is 1. The second kappa shape index (κ2) is 6.16. The van der Waals surface area contributed by atoms with Crippen LogP contribution >= 0.6 is 0 Å². The molecule has 0 spiro atoms. The molecule has 1 N–H and O–H groups in total. The number of hydrogen-bond donors (Lipinski definition) is 1. The van der Waals surface area contributed by atoms with E-state index in [2.05, 4.69) is 0 Å². The lowest BCUT2D eigenvalue weighted by molar-refractivity contribution is -0.134. The van der Waals surface area contributed by atoms with Crippen molar-refractivity contribution in [3.05, 3.63) is 29.3 Å². The lowest BCUT2D eigenvalue weighted by Crippen LogP contribution is -2.45. The number of rotatable bonds is 2. The molecule has 1 aliphatic rings. The standard InChI is InChI=1S/C16H22N2O3/c1-11-6-7-14(19)13(9-11)16(21)18-8-4-5-12(10-18)15(20)17(2)3/h6-7,9,12,19H,4-5,8,10H2,1-3H3/t12-/m0/s1. The van der Waals surface area contributed by atoms with Gasteiger partial charge in [0.05, 0.1) is 11.5 Å². The molecular formula is C16H22N2O3. The Balaban J connectivity index is 2.16. The van der Waals surface area contributed by atoms with E-state index < -0.39 is 0 Å². The second-order valence-corrected chi connectivity index (χ2v) is 5.84. The van der Waals surface area contributed by atoms with Gasteiger partial charge in [0.2, 0.25) is 5.91 Å². The molecule has 21 heavy (non-hydrogen) atoms. The van der Waals surface area contributed by atoms with Crippen LogP contribution in [0.5, 0.6) is 5.75 Å². The van der Waals surface area contributed by atoms with Gasteiger partial charge in [-0.3, -0.25) is 9.59 Å². The van der Waals surface area contributed by atoms with Gasteiger partial charge in [0.1, 0.15) is 5.75 Å². The molecule has 1 atom stereocenters. The van der Waals surface area contributed by atoms with Crippen molar-refractivity contribution >= 4 is 11.8 Å². The van der Waals surface area contributed by atoms with Gasteiger partial charge in [-0.2, -0.15) is 0 Å². The molecule has 0 aliphatic carbocycles. The number of benzene rings is 1. The third kappa shape index (κ3) is 3.35. The Morgan fingerprint density at radius 2 is 2.05 bits per heavy atom. The molecule has 114 valence electrons. The fourth-order valence-electron chi connectivity index (χ4n) is 2.72. The van der Waals surface area contributed by atoms with Crippen LogP contribution in [-0.4, -0.2) is 53.9 Å². The molecule has 2 amide bonds. The molecule has 1 aromatic carbocycles. The lowest BCUT2D eigenvalue weighted by atomic mass is 9.96. The van der Waals surface area contributed by atoms with E-state index in [1.165, 1.54) is 6.07 Å². The number of piperidine rings is 1. The highest BCUT2D eigenvalue weighted by Gasteiger charge is 2.30. The van der Waals surface area contributed by atoms with Crippen LogP contribution in [0.25, 0.3) is 0 Å². The van der Waals surface area contributed by atoms with E-state index in [-0.39, 0.29) is 23.5 Å². The molecule has 5 nitrogen and oxygen atoms in total. The van der Waals surface area contributed by atoms with E-state index in [0.29, 0.717) is 18.7 Å². The number of likely N-dealkylation sites (tertiary alicyclic amines) is 1. The maximum atomic E-state index is 12.6. The molecular weight excluding hydrogens is 268 g/mol. The zero-order chi connectivity index (χ0) is 15.6. The molecule has 2 rings (SSSR count). The maximum absolute atomic E-state index is 12.6. The first-order valence-electron chi connectivity index (χ1n) is 7.20. The first-order chi connectivity index (χ1) is 9.90. The van der Waals surface area contributed by atoms with E-state index in [1.54, 1.807) is 36.0 Å². The number of carbonyl (C=O) groups is 2. The Morgan fingerprint density at radius 3 is 2.71 bits per heavy atom. The number of hydrogen-bond acceptors (Lipinski definition) is 3. The Kier molecular flexibility index (Phi) is 4.50. The van der Waals surface area contributed by atoms with Crippen LogP contribution < -0.4 is 0 Å². The minimum Gasteiger partial charge on any atom is -0.507 e. The van der Waals surface area contributed by atoms with Crippen LogP contribution in [0.1, 0.15) is 28.8 Å².